The zero-order valence-electron chi connectivity index (χ0n) is 14.8. The van der Waals surface area contributed by atoms with E-state index in [1.165, 1.54) is 0 Å². The quantitative estimate of drug-likeness (QED) is 0.836. The predicted molar refractivity (Wildman–Crippen MR) is 101 cm³/mol. The highest BCUT2D eigenvalue weighted by molar-refractivity contribution is 6.00. The van der Waals surface area contributed by atoms with E-state index < -0.39 is 0 Å². The van der Waals surface area contributed by atoms with E-state index in [1.54, 1.807) is 12.0 Å². The number of para-hydroxylation sites is 1. The largest absolute Gasteiger partial charge is 0.497 e. The van der Waals surface area contributed by atoms with Gasteiger partial charge in [-0.15, -0.1) is 0 Å². The summed E-state index contributed by atoms with van der Waals surface area (Å²) < 4.78 is 5.16. The van der Waals surface area contributed by atoms with Crippen LogP contribution < -0.4 is 15.8 Å². The summed E-state index contributed by atoms with van der Waals surface area (Å²) in [5, 5.41) is 3.29. The van der Waals surface area contributed by atoms with Crippen LogP contribution in [0.15, 0.2) is 48.5 Å². The maximum atomic E-state index is 12.9. The third-order valence-corrected chi connectivity index (χ3v) is 4.59. The number of ether oxygens (including phenoxy) is 1. The van der Waals surface area contributed by atoms with E-state index in [4.69, 9.17) is 10.5 Å². The summed E-state index contributed by atoms with van der Waals surface area (Å²) in [6.07, 6.45) is 1.14. The zero-order valence-corrected chi connectivity index (χ0v) is 14.8. The van der Waals surface area contributed by atoms with Gasteiger partial charge in [0, 0.05) is 25.2 Å². The number of nitrogens with one attached hydrogen (secondary N) is 1. The maximum Gasteiger partial charge on any atom is 0.255 e. The second kappa shape index (κ2) is 7.91. The molecule has 0 bridgehead atoms. The Morgan fingerprint density at radius 2 is 1.92 bits per heavy atom. The summed E-state index contributed by atoms with van der Waals surface area (Å²) in [5.41, 5.74) is 7.51. The molecule has 3 N–H and O–H groups in total. The first-order chi connectivity index (χ1) is 12.6. The maximum absolute atomic E-state index is 12.9. The molecular formula is C20H23N3O3. The first kappa shape index (κ1) is 17.8. The van der Waals surface area contributed by atoms with E-state index in [9.17, 15) is 9.59 Å². The number of carbonyl (C=O) groups is 2. The number of methoxy groups -OCH3 is 1. The molecule has 1 saturated heterocycles. The summed E-state index contributed by atoms with van der Waals surface area (Å²) in [6.45, 7) is 1.21. The van der Waals surface area contributed by atoms with Crippen LogP contribution in [0.1, 0.15) is 23.2 Å². The molecule has 3 rings (SSSR count). The van der Waals surface area contributed by atoms with Crippen LogP contribution in [0.5, 0.6) is 5.75 Å². The van der Waals surface area contributed by atoms with Crippen LogP contribution in [-0.4, -0.2) is 36.9 Å². The standard InChI is InChI=1S/C20H23N3O3/c1-26-16-8-6-15(7-9-16)22-18-5-3-2-4-17(18)20(25)23-11-10-14(13-23)12-19(21)24/h2-9,14,22H,10-13H2,1H3,(H2,21,24). The van der Waals surface area contributed by atoms with Gasteiger partial charge in [0.2, 0.25) is 5.91 Å². The monoisotopic (exact) mass is 353 g/mol. The smallest absolute Gasteiger partial charge is 0.255 e. The fourth-order valence-corrected chi connectivity index (χ4v) is 3.25. The molecule has 2 aromatic carbocycles. The first-order valence-electron chi connectivity index (χ1n) is 8.64. The molecule has 1 heterocycles. The van der Waals surface area contributed by atoms with Crippen molar-refractivity contribution in [3.8, 4) is 5.75 Å². The third-order valence-electron chi connectivity index (χ3n) is 4.59. The molecular weight excluding hydrogens is 330 g/mol. The molecule has 0 aliphatic carbocycles. The molecule has 1 atom stereocenters. The summed E-state index contributed by atoms with van der Waals surface area (Å²) in [7, 11) is 1.62. The first-order valence-corrected chi connectivity index (χ1v) is 8.64. The number of hydrogen-bond donors (Lipinski definition) is 2. The van der Waals surface area contributed by atoms with Gasteiger partial charge in [-0.2, -0.15) is 0 Å². The van der Waals surface area contributed by atoms with Crippen LogP contribution in [-0.2, 0) is 4.79 Å². The van der Waals surface area contributed by atoms with Crippen molar-refractivity contribution in [2.75, 3.05) is 25.5 Å². The average Bonchev–Trinajstić information content (AvgIpc) is 3.10. The van der Waals surface area contributed by atoms with Crippen molar-refractivity contribution in [1.82, 2.24) is 4.90 Å². The number of nitrogens with zero attached hydrogens (tertiary/aromatic N) is 1. The average molecular weight is 353 g/mol. The summed E-state index contributed by atoms with van der Waals surface area (Å²) in [5.74, 6) is 0.579. The van der Waals surface area contributed by atoms with E-state index in [0.717, 1.165) is 23.5 Å². The van der Waals surface area contributed by atoms with Crippen LogP contribution in [0.25, 0.3) is 0 Å². The van der Waals surface area contributed by atoms with E-state index >= 15 is 0 Å². The molecule has 1 aliphatic rings. The van der Waals surface area contributed by atoms with Gasteiger partial charge in [-0.1, -0.05) is 12.1 Å². The van der Waals surface area contributed by atoms with Crippen LogP contribution >= 0.6 is 0 Å². The van der Waals surface area contributed by atoms with Crippen LogP contribution in [0.4, 0.5) is 11.4 Å². The Kier molecular flexibility index (Phi) is 5.41. The lowest BCUT2D eigenvalue weighted by molar-refractivity contribution is -0.118. The van der Waals surface area contributed by atoms with Gasteiger partial charge in [-0.05, 0) is 48.7 Å². The molecule has 2 aromatic rings. The van der Waals surface area contributed by atoms with Gasteiger partial charge < -0.3 is 20.7 Å². The van der Waals surface area contributed by atoms with Crippen molar-refractivity contribution >= 4 is 23.2 Å². The zero-order chi connectivity index (χ0) is 18.5. The van der Waals surface area contributed by atoms with Crippen LogP contribution in [0, 0.1) is 5.92 Å². The molecule has 6 heteroatoms. The Morgan fingerprint density at radius 1 is 1.19 bits per heavy atom. The van der Waals surface area contributed by atoms with Gasteiger partial charge in [0.25, 0.3) is 5.91 Å². The molecule has 0 saturated carbocycles. The molecule has 0 radical (unpaired) electrons. The summed E-state index contributed by atoms with van der Waals surface area (Å²) in [6, 6.07) is 15.0. The topological polar surface area (TPSA) is 84.7 Å². The normalized spacial score (nSPS) is 16.3. The van der Waals surface area contributed by atoms with Gasteiger partial charge in [0.15, 0.2) is 0 Å². The number of carbonyl (C=O) groups excluding carboxylic acids is 2. The highest BCUT2D eigenvalue weighted by Crippen LogP contribution is 2.27. The number of nitrogens with two attached hydrogens (primary N) is 1. The predicted octanol–water partition coefficient (Wildman–Crippen LogP) is 2.78. The van der Waals surface area contributed by atoms with E-state index in [-0.39, 0.29) is 17.7 Å². The molecule has 0 aromatic heterocycles. The number of hydrogen-bond acceptors (Lipinski definition) is 4. The minimum absolute atomic E-state index is 0.0337. The Hall–Kier alpha value is -3.02. The van der Waals surface area contributed by atoms with Gasteiger partial charge in [-0.25, -0.2) is 0 Å². The molecule has 1 aliphatic heterocycles. The highest BCUT2D eigenvalue weighted by Gasteiger charge is 2.28. The highest BCUT2D eigenvalue weighted by atomic mass is 16.5. The number of amides is 2. The van der Waals surface area contributed by atoms with E-state index in [1.807, 2.05) is 48.5 Å². The molecule has 6 nitrogen and oxygen atoms in total. The SMILES string of the molecule is COc1ccc(Nc2ccccc2C(=O)N2CCC(CC(N)=O)C2)cc1. The minimum Gasteiger partial charge on any atom is -0.497 e. The Labute approximate surface area is 152 Å². The van der Waals surface area contributed by atoms with E-state index in [0.29, 0.717) is 25.1 Å². The Bertz CT molecular complexity index is 789. The third kappa shape index (κ3) is 4.14. The molecule has 2 amide bonds. The summed E-state index contributed by atoms with van der Waals surface area (Å²) >= 11 is 0. The fourth-order valence-electron chi connectivity index (χ4n) is 3.25. The van der Waals surface area contributed by atoms with Crippen molar-refractivity contribution in [2.24, 2.45) is 11.7 Å². The van der Waals surface area contributed by atoms with Crippen molar-refractivity contribution < 1.29 is 14.3 Å². The van der Waals surface area contributed by atoms with Gasteiger partial charge in [0.1, 0.15) is 5.75 Å². The van der Waals surface area contributed by atoms with Gasteiger partial charge in [0.05, 0.1) is 18.4 Å². The second-order valence-electron chi connectivity index (χ2n) is 6.48. The van der Waals surface area contributed by atoms with Gasteiger partial charge in [-0.3, -0.25) is 9.59 Å². The molecule has 26 heavy (non-hydrogen) atoms. The molecule has 0 spiro atoms. The fraction of sp³-hybridized carbons (Fsp3) is 0.300. The lowest BCUT2D eigenvalue weighted by atomic mass is 10.1. The number of anilines is 2. The number of primary amides is 1. The second-order valence-corrected chi connectivity index (χ2v) is 6.48. The summed E-state index contributed by atoms with van der Waals surface area (Å²) in [4.78, 5) is 25.8. The Morgan fingerprint density at radius 3 is 2.62 bits per heavy atom. The van der Waals surface area contributed by atoms with Gasteiger partial charge >= 0.3 is 0 Å². The lowest BCUT2D eigenvalue weighted by Gasteiger charge is -2.19. The van der Waals surface area contributed by atoms with Crippen molar-refractivity contribution in [3.63, 3.8) is 0 Å². The number of likely N-dealkylation sites (tertiary alicyclic amines) is 1. The minimum atomic E-state index is -0.314. The lowest BCUT2D eigenvalue weighted by Crippen LogP contribution is -2.29. The van der Waals surface area contributed by atoms with Crippen molar-refractivity contribution in [1.29, 1.82) is 0 Å². The Balaban J connectivity index is 1.74. The number of benzene rings is 2. The molecule has 1 unspecified atom stereocenters. The van der Waals surface area contributed by atoms with Crippen molar-refractivity contribution in [3.05, 3.63) is 54.1 Å². The van der Waals surface area contributed by atoms with Crippen LogP contribution in [0.2, 0.25) is 0 Å². The molecule has 1 fully saturated rings. The number of rotatable bonds is 6. The van der Waals surface area contributed by atoms with Crippen molar-refractivity contribution in [2.45, 2.75) is 12.8 Å². The molecule has 136 valence electrons. The van der Waals surface area contributed by atoms with Crippen LogP contribution in [0.3, 0.4) is 0 Å². The van der Waals surface area contributed by atoms with E-state index in [2.05, 4.69) is 5.32 Å².